The molecule has 18 heavy (non-hydrogen) atoms. The number of thiophene rings is 1. The second-order valence-electron chi connectivity index (χ2n) is 5.20. The van der Waals surface area contributed by atoms with Crippen LogP contribution in [0.4, 0.5) is 0 Å². The van der Waals surface area contributed by atoms with Crippen molar-refractivity contribution in [2.24, 2.45) is 0 Å². The van der Waals surface area contributed by atoms with E-state index in [2.05, 4.69) is 46.6 Å². The average Bonchev–Trinajstić information content (AvgIpc) is 2.90. The van der Waals surface area contributed by atoms with Gasteiger partial charge in [-0.15, -0.1) is 11.3 Å². The van der Waals surface area contributed by atoms with E-state index in [1.807, 2.05) is 11.3 Å². The van der Waals surface area contributed by atoms with E-state index >= 15 is 0 Å². The Hall–Kier alpha value is -0.420. The van der Waals surface area contributed by atoms with Crippen LogP contribution in [-0.2, 0) is 6.42 Å². The Kier molecular flexibility index (Phi) is 5.63. The highest BCUT2D eigenvalue weighted by Crippen LogP contribution is 2.13. The number of rotatable bonds is 6. The molecule has 0 saturated carbocycles. The fraction of sp³-hybridized carbons (Fsp3) is 0.714. The molecule has 102 valence electrons. The van der Waals surface area contributed by atoms with E-state index in [-0.39, 0.29) is 0 Å². The van der Waals surface area contributed by atoms with E-state index in [4.69, 9.17) is 0 Å². The van der Waals surface area contributed by atoms with E-state index < -0.39 is 0 Å². The lowest BCUT2D eigenvalue weighted by atomic mass is 10.2. The Labute approximate surface area is 115 Å². The predicted octanol–water partition coefficient (Wildman–Crippen LogP) is 1.52. The molecule has 1 aromatic rings. The number of nitrogens with one attached hydrogen (secondary N) is 1. The third-order valence-corrected chi connectivity index (χ3v) is 4.71. The van der Waals surface area contributed by atoms with Crippen LogP contribution in [0.25, 0.3) is 0 Å². The first-order chi connectivity index (χ1) is 8.75. The van der Waals surface area contributed by atoms with E-state index in [0.717, 1.165) is 13.1 Å². The van der Waals surface area contributed by atoms with Gasteiger partial charge in [-0.2, -0.15) is 0 Å². The molecule has 0 aromatic carbocycles. The molecule has 1 unspecified atom stereocenters. The summed E-state index contributed by atoms with van der Waals surface area (Å²) in [5.41, 5.74) is 0. The highest BCUT2D eigenvalue weighted by molar-refractivity contribution is 7.09. The standard InChI is InChI=1S/C14H25N3S/c1-13(12-14-4-3-11-18-14)16(2)9-10-17-7-5-15-6-8-17/h3-4,11,13,15H,5-10,12H2,1-2H3. The Balaban J connectivity index is 1.68. The van der Waals surface area contributed by atoms with Gasteiger partial charge in [0.2, 0.25) is 0 Å². The summed E-state index contributed by atoms with van der Waals surface area (Å²) >= 11 is 1.87. The third-order valence-electron chi connectivity index (χ3n) is 3.81. The van der Waals surface area contributed by atoms with Gasteiger partial charge >= 0.3 is 0 Å². The molecule has 2 heterocycles. The lowest BCUT2D eigenvalue weighted by Crippen LogP contribution is -2.46. The van der Waals surface area contributed by atoms with Gasteiger partial charge in [-0.25, -0.2) is 0 Å². The van der Waals surface area contributed by atoms with Crippen molar-refractivity contribution in [3.8, 4) is 0 Å². The van der Waals surface area contributed by atoms with E-state index in [0.29, 0.717) is 6.04 Å². The minimum Gasteiger partial charge on any atom is -0.314 e. The Bertz CT molecular complexity index is 320. The summed E-state index contributed by atoms with van der Waals surface area (Å²) in [5.74, 6) is 0. The maximum atomic E-state index is 3.40. The van der Waals surface area contributed by atoms with E-state index in [1.165, 1.54) is 37.5 Å². The topological polar surface area (TPSA) is 18.5 Å². The minimum atomic E-state index is 0.631. The zero-order chi connectivity index (χ0) is 12.8. The Morgan fingerprint density at radius 1 is 1.44 bits per heavy atom. The van der Waals surface area contributed by atoms with Crippen molar-refractivity contribution in [3.05, 3.63) is 22.4 Å². The second-order valence-corrected chi connectivity index (χ2v) is 6.24. The van der Waals surface area contributed by atoms with Crippen LogP contribution in [0, 0.1) is 0 Å². The highest BCUT2D eigenvalue weighted by Gasteiger charge is 2.13. The first-order valence-electron chi connectivity index (χ1n) is 6.91. The lowest BCUT2D eigenvalue weighted by Gasteiger charge is -2.31. The largest absolute Gasteiger partial charge is 0.314 e. The van der Waals surface area contributed by atoms with Gasteiger partial charge in [-0.3, -0.25) is 4.90 Å². The number of hydrogen-bond acceptors (Lipinski definition) is 4. The molecule has 0 aliphatic carbocycles. The van der Waals surface area contributed by atoms with Crippen molar-refractivity contribution in [2.45, 2.75) is 19.4 Å². The molecular weight excluding hydrogens is 242 g/mol. The molecule has 0 spiro atoms. The average molecular weight is 267 g/mol. The zero-order valence-corrected chi connectivity index (χ0v) is 12.4. The van der Waals surface area contributed by atoms with Crippen molar-refractivity contribution >= 4 is 11.3 Å². The lowest BCUT2D eigenvalue weighted by molar-refractivity contribution is 0.182. The fourth-order valence-corrected chi connectivity index (χ4v) is 3.16. The van der Waals surface area contributed by atoms with Crippen LogP contribution in [-0.4, -0.2) is 62.2 Å². The summed E-state index contributed by atoms with van der Waals surface area (Å²) < 4.78 is 0. The van der Waals surface area contributed by atoms with E-state index in [1.54, 1.807) is 0 Å². The first kappa shape index (κ1) is 14.0. The first-order valence-corrected chi connectivity index (χ1v) is 7.79. The van der Waals surface area contributed by atoms with Gasteiger partial charge in [-0.05, 0) is 31.8 Å². The quantitative estimate of drug-likeness (QED) is 0.843. The Morgan fingerprint density at radius 2 is 2.22 bits per heavy atom. The SMILES string of the molecule is CC(Cc1cccs1)N(C)CCN1CCNCC1. The molecule has 0 radical (unpaired) electrons. The third kappa shape index (κ3) is 4.35. The molecular formula is C14H25N3S. The molecule has 1 saturated heterocycles. The van der Waals surface area contributed by atoms with Gasteiger partial charge in [0.1, 0.15) is 0 Å². The summed E-state index contributed by atoms with van der Waals surface area (Å²) in [4.78, 5) is 6.55. The number of piperazine rings is 1. The summed E-state index contributed by atoms with van der Waals surface area (Å²) in [6.45, 7) is 9.40. The minimum absolute atomic E-state index is 0.631. The highest BCUT2D eigenvalue weighted by atomic mass is 32.1. The summed E-state index contributed by atoms with van der Waals surface area (Å²) in [5, 5.41) is 5.57. The van der Waals surface area contributed by atoms with Gasteiger partial charge < -0.3 is 10.2 Å². The molecule has 1 aliphatic rings. The van der Waals surface area contributed by atoms with Crippen LogP contribution < -0.4 is 5.32 Å². The molecule has 1 aliphatic heterocycles. The van der Waals surface area contributed by atoms with Gasteiger partial charge in [0.25, 0.3) is 0 Å². The van der Waals surface area contributed by atoms with Crippen LogP contribution in [0.15, 0.2) is 17.5 Å². The van der Waals surface area contributed by atoms with Crippen LogP contribution in [0.1, 0.15) is 11.8 Å². The molecule has 1 N–H and O–H groups in total. The van der Waals surface area contributed by atoms with Crippen molar-refractivity contribution < 1.29 is 0 Å². The van der Waals surface area contributed by atoms with Gasteiger partial charge in [0.15, 0.2) is 0 Å². The molecule has 0 bridgehead atoms. The molecule has 1 atom stereocenters. The fourth-order valence-electron chi connectivity index (χ4n) is 2.33. The number of likely N-dealkylation sites (N-methyl/N-ethyl adjacent to an activating group) is 1. The Morgan fingerprint density at radius 3 is 2.89 bits per heavy atom. The predicted molar refractivity (Wildman–Crippen MR) is 79.4 cm³/mol. The van der Waals surface area contributed by atoms with Crippen molar-refractivity contribution in [1.82, 2.24) is 15.1 Å². The smallest absolute Gasteiger partial charge is 0.0113 e. The molecule has 3 nitrogen and oxygen atoms in total. The van der Waals surface area contributed by atoms with Crippen LogP contribution in [0.5, 0.6) is 0 Å². The number of hydrogen-bond donors (Lipinski definition) is 1. The summed E-state index contributed by atoms with van der Waals surface area (Å²) in [6, 6.07) is 5.02. The van der Waals surface area contributed by atoms with Gasteiger partial charge in [0, 0.05) is 50.2 Å². The summed E-state index contributed by atoms with van der Waals surface area (Å²) in [6.07, 6.45) is 1.18. The van der Waals surface area contributed by atoms with E-state index in [9.17, 15) is 0 Å². The van der Waals surface area contributed by atoms with Crippen LogP contribution in [0.2, 0.25) is 0 Å². The number of nitrogens with zero attached hydrogens (tertiary/aromatic N) is 2. The molecule has 0 amide bonds. The maximum Gasteiger partial charge on any atom is 0.0113 e. The van der Waals surface area contributed by atoms with Crippen LogP contribution in [0.3, 0.4) is 0 Å². The van der Waals surface area contributed by atoms with Crippen LogP contribution >= 0.6 is 11.3 Å². The second kappa shape index (κ2) is 7.24. The van der Waals surface area contributed by atoms with Gasteiger partial charge in [-0.1, -0.05) is 6.07 Å². The molecule has 1 aromatic heterocycles. The zero-order valence-electron chi connectivity index (χ0n) is 11.6. The van der Waals surface area contributed by atoms with Crippen molar-refractivity contribution in [1.29, 1.82) is 0 Å². The van der Waals surface area contributed by atoms with Crippen molar-refractivity contribution in [3.63, 3.8) is 0 Å². The maximum absolute atomic E-state index is 3.40. The van der Waals surface area contributed by atoms with Crippen molar-refractivity contribution in [2.75, 3.05) is 46.3 Å². The normalized spacial score (nSPS) is 19.3. The summed E-state index contributed by atoms with van der Waals surface area (Å²) in [7, 11) is 2.25. The molecule has 1 fully saturated rings. The van der Waals surface area contributed by atoms with Gasteiger partial charge in [0.05, 0.1) is 0 Å². The monoisotopic (exact) mass is 267 g/mol. The molecule has 4 heteroatoms. The molecule has 2 rings (SSSR count).